The van der Waals surface area contributed by atoms with Gasteiger partial charge < -0.3 is 20.5 Å². The lowest BCUT2D eigenvalue weighted by Crippen LogP contribution is -2.42. The van der Waals surface area contributed by atoms with E-state index in [0.29, 0.717) is 16.6 Å². The molecule has 25 heavy (non-hydrogen) atoms. The summed E-state index contributed by atoms with van der Waals surface area (Å²) in [5.41, 5.74) is 6.88. The molecule has 2 rings (SSSR count). The first-order valence-corrected chi connectivity index (χ1v) is 7.70. The van der Waals surface area contributed by atoms with E-state index in [4.69, 9.17) is 10.5 Å². The summed E-state index contributed by atoms with van der Waals surface area (Å²) in [6, 6.07) is 9.51. The van der Waals surface area contributed by atoms with Crippen molar-refractivity contribution in [2.45, 2.75) is 18.9 Å². The molecule has 0 saturated heterocycles. The molecule has 0 fully saturated rings. The molecule has 0 aromatic heterocycles. The van der Waals surface area contributed by atoms with Crippen LogP contribution in [0, 0.1) is 0 Å². The van der Waals surface area contributed by atoms with Crippen LogP contribution in [0.15, 0.2) is 36.4 Å². The van der Waals surface area contributed by atoms with Crippen LogP contribution in [-0.4, -0.2) is 38.1 Å². The molecule has 2 aromatic rings. The molecule has 0 radical (unpaired) electrons. The number of nitrogens with two attached hydrogens (primary N) is 1. The molecule has 0 unspecified atom stereocenters. The molecule has 0 heterocycles. The van der Waals surface area contributed by atoms with Crippen molar-refractivity contribution in [2.24, 2.45) is 0 Å². The number of hydrogen-bond donors (Lipinski definition) is 2. The quantitative estimate of drug-likeness (QED) is 0.609. The number of rotatable bonds is 6. The molecule has 2 aromatic carbocycles. The Morgan fingerprint density at radius 2 is 1.72 bits per heavy atom. The third kappa shape index (κ3) is 4.26. The molecule has 0 aliphatic heterocycles. The Morgan fingerprint density at radius 3 is 2.36 bits per heavy atom. The lowest BCUT2D eigenvalue weighted by atomic mass is 10.0. The molecule has 0 aliphatic rings. The molecule has 0 spiro atoms. The van der Waals surface area contributed by atoms with Gasteiger partial charge in [-0.2, -0.15) is 0 Å². The molecule has 1 atom stereocenters. The van der Waals surface area contributed by atoms with E-state index in [2.05, 4.69) is 10.1 Å². The van der Waals surface area contributed by atoms with Crippen molar-refractivity contribution in [2.75, 3.05) is 20.0 Å². The summed E-state index contributed by atoms with van der Waals surface area (Å²) < 4.78 is 9.25. The summed E-state index contributed by atoms with van der Waals surface area (Å²) in [6.07, 6.45) is 0.0665. The Kier molecular flexibility index (Phi) is 5.94. The number of hydrogen-bond acceptors (Lipinski definition) is 6. The highest BCUT2D eigenvalue weighted by molar-refractivity contribution is 6.10. The van der Waals surface area contributed by atoms with Gasteiger partial charge in [0.05, 0.1) is 14.2 Å². The lowest BCUT2D eigenvalue weighted by Gasteiger charge is -2.17. The largest absolute Gasteiger partial charge is 0.469 e. The highest BCUT2D eigenvalue weighted by Gasteiger charge is 2.24. The molecule has 0 saturated carbocycles. The van der Waals surface area contributed by atoms with Gasteiger partial charge in [0.15, 0.2) is 0 Å². The first-order chi connectivity index (χ1) is 12.0. The minimum Gasteiger partial charge on any atom is -0.469 e. The normalized spacial score (nSPS) is 11.6. The molecule has 7 nitrogen and oxygen atoms in total. The van der Waals surface area contributed by atoms with E-state index in [1.807, 2.05) is 12.1 Å². The van der Waals surface area contributed by atoms with Crippen LogP contribution in [0.2, 0.25) is 0 Å². The number of ether oxygens (including phenoxy) is 2. The number of fused-ring (bicyclic) bond motifs is 1. The van der Waals surface area contributed by atoms with Gasteiger partial charge in [0.2, 0.25) is 0 Å². The maximum atomic E-state index is 12.6. The Bertz CT molecular complexity index is 803. The Morgan fingerprint density at radius 1 is 1.04 bits per heavy atom. The van der Waals surface area contributed by atoms with Gasteiger partial charge in [-0.3, -0.25) is 9.59 Å². The number of carbonyl (C=O) groups excluding carboxylic acids is 3. The first-order valence-electron chi connectivity index (χ1n) is 7.70. The van der Waals surface area contributed by atoms with Gasteiger partial charge in [-0.25, -0.2) is 4.79 Å². The summed E-state index contributed by atoms with van der Waals surface area (Å²) in [6.45, 7) is 0. The second-order valence-corrected chi connectivity index (χ2v) is 5.41. The van der Waals surface area contributed by atoms with Crippen LogP contribution in [0.3, 0.4) is 0 Å². The SMILES string of the molecule is COC(=O)CC[C@@H](NC(=O)c1ccc(N)c2ccccc12)C(=O)OC. The Hall–Kier alpha value is -3.09. The number of benzene rings is 2. The highest BCUT2D eigenvalue weighted by atomic mass is 16.5. The molecular formula is C18H20N2O5. The fraction of sp³-hybridized carbons (Fsp3) is 0.278. The van der Waals surface area contributed by atoms with Crippen molar-refractivity contribution in [1.82, 2.24) is 5.32 Å². The summed E-state index contributed by atoms with van der Waals surface area (Å²) in [4.78, 5) is 35.8. The van der Waals surface area contributed by atoms with E-state index in [1.54, 1.807) is 24.3 Å². The second-order valence-electron chi connectivity index (χ2n) is 5.41. The van der Waals surface area contributed by atoms with Gasteiger partial charge in [0.1, 0.15) is 6.04 Å². The smallest absolute Gasteiger partial charge is 0.328 e. The Balaban J connectivity index is 2.25. The van der Waals surface area contributed by atoms with Crippen molar-refractivity contribution < 1.29 is 23.9 Å². The molecule has 132 valence electrons. The van der Waals surface area contributed by atoms with E-state index >= 15 is 0 Å². The highest BCUT2D eigenvalue weighted by Crippen LogP contribution is 2.24. The maximum Gasteiger partial charge on any atom is 0.328 e. The van der Waals surface area contributed by atoms with Crippen LogP contribution in [0.25, 0.3) is 10.8 Å². The molecule has 1 amide bonds. The number of carbonyl (C=O) groups is 3. The van der Waals surface area contributed by atoms with Gasteiger partial charge in [-0.1, -0.05) is 24.3 Å². The van der Waals surface area contributed by atoms with E-state index in [1.165, 1.54) is 14.2 Å². The molecule has 0 bridgehead atoms. The van der Waals surface area contributed by atoms with Crippen LogP contribution in [0.1, 0.15) is 23.2 Å². The van der Waals surface area contributed by atoms with Crippen molar-refractivity contribution in [3.63, 3.8) is 0 Å². The number of amides is 1. The van der Waals surface area contributed by atoms with Crippen molar-refractivity contribution in [3.8, 4) is 0 Å². The van der Waals surface area contributed by atoms with Crippen LogP contribution < -0.4 is 11.1 Å². The van der Waals surface area contributed by atoms with E-state index < -0.39 is 23.9 Å². The lowest BCUT2D eigenvalue weighted by molar-refractivity contribution is -0.144. The van der Waals surface area contributed by atoms with Crippen LogP contribution in [-0.2, 0) is 19.1 Å². The zero-order valence-electron chi connectivity index (χ0n) is 14.1. The average Bonchev–Trinajstić information content (AvgIpc) is 2.64. The maximum absolute atomic E-state index is 12.6. The van der Waals surface area contributed by atoms with E-state index in [-0.39, 0.29) is 12.8 Å². The minimum absolute atomic E-state index is 0.0148. The fourth-order valence-electron chi connectivity index (χ4n) is 2.51. The monoisotopic (exact) mass is 344 g/mol. The zero-order chi connectivity index (χ0) is 18.4. The summed E-state index contributed by atoms with van der Waals surface area (Å²) in [5.74, 6) is -1.55. The summed E-state index contributed by atoms with van der Waals surface area (Å²) in [5, 5.41) is 4.04. The zero-order valence-corrected chi connectivity index (χ0v) is 14.1. The van der Waals surface area contributed by atoms with Crippen LogP contribution in [0.5, 0.6) is 0 Å². The number of methoxy groups -OCH3 is 2. The third-order valence-electron chi connectivity index (χ3n) is 3.86. The number of nitrogens with one attached hydrogen (secondary N) is 1. The van der Waals surface area contributed by atoms with Crippen molar-refractivity contribution in [3.05, 3.63) is 42.0 Å². The molecular weight excluding hydrogens is 324 g/mol. The van der Waals surface area contributed by atoms with Gasteiger partial charge in [0, 0.05) is 23.1 Å². The molecule has 0 aliphatic carbocycles. The fourth-order valence-corrected chi connectivity index (χ4v) is 2.51. The predicted octanol–water partition coefficient (Wildman–Crippen LogP) is 1.65. The number of anilines is 1. The van der Waals surface area contributed by atoms with Crippen molar-refractivity contribution >= 4 is 34.3 Å². The van der Waals surface area contributed by atoms with E-state index in [0.717, 1.165) is 5.39 Å². The van der Waals surface area contributed by atoms with Gasteiger partial charge in [0.25, 0.3) is 5.91 Å². The van der Waals surface area contributed by atoms with Crippen LogP contribution in [0.4, 0.5) is 5.69 Å². The predicted molar refractivity (Wildman–Crippen MR) is 92.9 cm³/mol. The summed E-state index contributed by atoms with van der Waals surface area (Å²) >= 11 is 0. The molecule has 3 N–H and O–H groups in total. The first kappa shape index (κ1) is 18.3. The Labute approximate surface area is 145 Å². The average molecular weight is 344 g/mol. The van der Waals surface area contributed by atoms with Crippen molar-refractivity contribution in [1.29, 1.82) is 0 Å². The minimum atomic E-state index is -0.951. The molecule has 7 heteroatoms. The number of nitrogen functional groups attached to an aromatic ring is 1. The van der Waals surface area contributed by atoms with Crippen LogP contribution >= 0.6 is 0 Å². The third-order valence-corrected chi connectivity index (χ3v) is 3.86. The van der Waals surface area contributed by atoms with E-state index in [9.17, 15) is 14.4 Å². The standard InChI is InChI=1S/C18H20N2O5/c1-24-16(21)10-9-15(18(23)25-2)20-17(22)13-7-8-14(19)12-6-4-3-5-11(12)13/h3-8,15H,9-10,19H2,1-2H3,(H,20,22)/t15-/m1/s1. The number of esters is 2. The second kappa shape index (κ2) is 8.14. The van der Waals surface area contributed by atoms with Gasteiger partial charge >= 0.3 is 11.9 Å². The summed E-state index contributed by atoms with van der Waals surface area (Å²) in [7, 11) is 2.48. The van der Waals surface area contributed by atoms with Gasteiger partial charge in [-0.05, 0) is 23.9 Å². The topological polar surface area (TPSA) is 108 Å². The van der Waals surface area contributed by atoms with Gasteiger partial charge in [-0.15, -0.1) is 0 Å².